The number of nitrogens with one attached hydrogen (secondary N) is 1. The van der Waals surface area contributed by atoms with Crippen LogP contribution in [0.4, 0.5) is 22.0 Å². The number of likely N-dealkylation sites (N-methyl/N-ethyl adjacent to an activating group) is 1. The van der Waals surface area contributed by atoms with Crippen LogP contribution >= 0.6 is 0 Å². The Morgan fingerprint density at radius 2 is 1.89 bits per heavy atom. The van der Waals surface area contributed by atoms with Crippen LogP contribution in [0.5, 0.6) is 0 Å². The van der Waals surface area contributed by atoms with E-state index in [2.05, 4.69) is 5.32 Å². The van der Waals surface area contributed by atoms with Gasteiger partial charge in [0.25, 0.3) is 0 Å². The molecular weight excluding hydrogens is 265 g/mol. The second-order valence-electron chi connectivity index (χ2n) is 4.35. The van der Waals surface area contributed by atoms with E-state index < -0.39 is 30.3 Å². The van der Waals surface area contributed by atoms with Gasteiger partial charge in [-0.2, -0.15) is 13.2 Å². The van der Waals surface area contributed by atoms with Crippen molar-refractivity contribution in [3.63, 3.8) is 0 Å². The molecule has 0 aliphatic heterocycles. The Labute approximate surface area is 108 Å². The number of hydrogen-bond donors (Lipinski definition) is 1. The molecule has 1 aromatic carbocycles. The van der Waals surface area contributed by atoms with E-state index in [4.69, 9.17) is 0 Å². The highest BCUT2D eigenvalue weighted by Crippen LogP contribution is 2.23. The lowest BCUT2D eigenvalue weighted by Crippen LogP contribution is -2.32. The average molecular weight is 281 g/mol. The minimum atomic E-state index is -4.23. The molecule has 19 heavy (non-hydrogen) atoms. The van der Waals surface area contributed by atoms with Gasteiger partial charge in [-0.05, 0) is 31.0 Å². The SMILES string of the molecule is CCNC(CCC(F)(F)F)Cc1ccc(F)cc1F. The zero-order valence-corrected chi connectivity index (χ0v) is 10.5. The van der Waals surface area contributed by atoms with Crippen LogP contribution < -0.4 is 5.32 Å². The predicted octanol–water partition coefficient (Wildman–Crippen LogP) is 3.83. The van der Waals surface area contributed by atoms with Gasteiger partial charge in [-0.15, -0.1) is 0 Å². The van der Waals surface area contributed by atoms with E-state index in [1.165, 1.54) is 6.07 Å². The molecule has 0 heterocycles. The van der Waals surface area contributed by atoms with E-state index in [1.54, 1.807) is 6.92 Å². The molecule has 0 saturated heterocycles. The maximum atomic E-state index is 13.4. The van der Waals surface area contributed by atoms with Gasteiger partial charge in [0.1, 0.15) is 11.6 Å². The third-order valence-corrected chi connectivity index (χ3v) is 2.75. The van der Waals surface area contributed by atoms with E-state index >= 15 is 0 Å². The van der Waals surface area contributed by atoms with Crippen LogP contribution in [-0.4, -0.2) is 18.8 Å². The molecule has 0 amide bonds. The molecule has 0 bridgehead atoms. The first-order chi connectivity index (χ1) is 8.81. The standard InChI is InChI=1S/C13H16F5N/c1-2-19-11(5-6-13(16,17)18)7-9-3-4-10(14)8-12(9)15/h3-4,8,11,19H,2,5-7H2,1H3. The second kappa shape index (κ2) is 6.84. The minimum absolute atomic E-state index is 0.107. The van der Waals surface area contributed by atoms with Crippen molar-refractivity contribution in [1.82, 2.24) is 5.32 Å². The Morgan fingerprint density at radius 1 is 1.21 bits per heavy atom. The molecule has 1 atom stereocenters. The normalized spacial score (nSPS) is 13.6. The maximum absolute atomic E-state index is 13.4. The summed E-state index contributed by atoms with van der Waals surface area (Å²) in [4.78, 5) is 0. The second-order valence-corrected chi connectivity index (χ2v) is 4.35. The van der Waals surface area contributed by atoms with Gasteiger partial charge >= 0.3 is 6.18 Å². The van der Waals surface area contributed by atoms with Crippen LogP contribution in [-0.2, 0) is 6.42 Å². The topological polar surface area (TPSA) is 12.0 Å². The lowest BCUT2D eigenvalue weighted by Gasteiger charge is -2.19. The van der Waals surface area contributed by atoms with Crippen molar-refractivity contribution in [3.8, 4) is 0 Å². The maximum Gasteiger partial charge on any atom is 0.389 e. The first kappa shape index (κ1) is 15.9. The molecule has 0 radical (unpaired) electrons. The highest BCUT2D eigenvalue weighted by atomic mass is 19.4. The van der Waals surface area contributed by atoms with Crippen molar-refractivity contribution in [2.75, 3.05) is 6.54 Å². The Kier molecular flexibility index (Phi) is 5.72. The molecule has 0 aliphatic carbocycles. The van der Waals surface area contributed by atoms with Crippen LogP contribution in [0, 0.1) is 11.6 Å². The molecule has 1 unspecified atom stereocenters. The predicted molar refractivity (Wildman–Crippen MR) is 62.8 cm³/mol. The summed E-state index contributed by atoms with van der Waals surface area (Å²) in [5, 5.41) is 2.89. The van der Waals surface area contributed by atoms with Crippen LogP contribution in [0.25, 0.3) is 0 Å². The van der Waals surface area contributed by atoms with E-state index in [9.17, 15) is 22.0 Å². The number of halogens is 5. The highest BCUT2D eigenvalue weighted by molar-refractivity contribution is 5.19. The van der Waals surface area contributed by atoms with E-state index in [0.717, 1.165) is 12.1 Å². The van der Waals surface area contributed by atoms with E-state index in [0.29, 0.717) is 6.54 Å². The summed E-state index contributed by atoms with van der Waals surface area (Å²) >= 11 is 0. The van der Waals surface area contributed by atoms with E-state index in [1.807, 2.05) is 0 Å². The molecule has 0 fully saturated rings. The molecule has 0 saturated carbocycles. The zero-order chi connectivity index (χ0) is 14.5. The smallest absolute Gasteiger partial charge is 0.314 e. The lowest BCUT2D eigenvalue weighted by atomic mass is 10.0. The third kappa shape index (κ3) is 6.00. The summed E-state index contributed by atoms with van der Waals surface area (Å²) in [5.41, 5.74) is 0.217. The average Bonchev–Trinajstić information content (AvgIpc) is 2.28. The Bertz CT molecular complexity index is 403. The van der Waals surface area contributed by atoms with Gasteiger partial charge in [-0.1, -0.05) is 13.0 Å². The summed E-state index contributed by atoms with van der Waals surface area (Å²) in [7, 11) is 0. The number of alkyl halides is 3. The van der Waals surface area contributed by atoms with Gasteiger partial charge in [0.2, 0.25) is 0 Å². The first-order valence-electron chi connectivity index (χ1n) is 6.06. The van der Waals surface area contributed by atoms with Crippen molar-refractivity contribution < 1.29 is 22.0 Å². The van der Waals surface area contributed by atoms with Gasteiger partial charge in [0.05, 0.1) is 0 Å². The van der Waals surface area contributed by atoms with Gasteiger partial charge in [-0.25, -0.2) is 8.78 Å². The Hall–Kier alpha value is -1.17. The molecule has 6 heteroatoms. The summed E-state index contributed by atoms with van der Waals surface area (Å²) in [6.07, 6.45) is -5.17. The van der Waals surface area contributed by atoms with Crippen molar-refractivity contribution in [2.24, 2.45) is 0 Å². The summed E-state index contributed by atoms with van der Waals surface area (Å²) in [6, 6.07) is 2.63. The molecule has 108 valence electrons. The van der Waals surface area contributed by atoms with Gasteiger partial charge in [0, 0.05) is 18.5 Å². The molecule has 1 nitrogen and oxygen atoms in total. The number of hydrogen-bond acceptors (Lipinski definition) is 1. The Balaban J connectivity index is 2.67. The largest absolute Gasteiger partial charge is 0.389 e. The van der Waals surface area contributed by atoms with Crippen LogP contribution in [0.3, 0.4) is 0 Å². The van der Waals surface area contributed by atoms with Gasteiger partial charge < -0.3 is 5.32 Å². The fourth-order valence-corrected chi connectivity index (χ4v) is 1.86. The summed E-state index contributed by atoms with van der Waals surface area (Å²) in [5.74, 6) is -1.42. The highest BCUT2D eigenvalue weighted by Gasteiger charge is 2.28. The zero-order valence-electron chi connectivity index (χ0n) is 10.5. The molecule has 0 spiro atoms. The summed E-state index contributed by atoms with van der Waals surface area (Å²) < 4.78 is 62.7. The molecule has 1 rings (SSSR count). The Morgan fingerprint density at radius 3 is 2.42 bits per heavy atom. The van der Waals surface area contributed by atoms with Gasteiger partial charge in [0.15, 0.2) is 0 Å². The monoisotopic (exact) mass is 281 g/mol. The van der Waals surface area contributed by atoms with Crippen molar-refractivity contribution >= 4 is 0 Å². The molecule has 1 N–H and O–H groups in total. The van der Waals surface area contributed by atoms with Crippen molar-refractivity contribution in [1.29, 1.82) is 0 Å². The van der Waals surface area contributed by atoms with Gasteiger partial charge in [-0.3, -0.25) is 0 Å². The van der Waals surface area contributed by atoms with Crippen LogP contribution in [0.15, 0.2) is 18.2 Å². The molecule has 0 aliphatic rings. The quantitative estimate of drug-likeness (QED) is 0.781. The first-order valence-corrected chi connectivity index (χ1v) is 6.06. The fraction of sp³-hybridized carbons (Fsp3) is 0.538. The minimum Gasteiger partial charge on any atom is -0.314 e. The number of rotatable bonds is 6. The van der Waals surface area contributed by atoms with Crippen molar-refractivity contribution in [2.45, 2.75) is 38.4 Å². The van der Waals surface area contributed by atoms with Crippen LogP contribution in [0.1, 0.15) is 25.3 Å². The molecule has 1 aromatic rings. The summed E-state index contributed by atoms with van der Waals surface area (Å²) in [6.45, 7) is 2.26. The number of benzene rings is 1. The molecule has 0 aromatic heterocycles. The lowest BCUT2D eigenvalue weighted by molar-refractivity contribution is -0.136. The van der Waals surface area contributed by atoms with Crippen molar-refractivity contribution in [3.05, 3.63) is 35.4 Å². The van der Waals surface area contributed by atoms with E-state index in [-0.39, 0.29) is 18.4 Å². The fourth-order valence-electron chi connectivity index (χ4n) is 1.86. The molecular formula is C13H16F5N. The third-order valence-electron chi connectivity index (χ3n) is 2.75. The van der Waals surface area contributed by atoms with Crippen LogP contribution in [0.2, 0.25) is 0 Å².